The van der Waals surface area contributed by atoms with Gasteiger partial charge in [0.1, 0.15) is 33.9 Å². The fraction of sp³-hybridized carbons (Fsp3) is 0.115. The normalized spacial score (nSPS) is 12.5. The molecule has 1 unspecified atom stereocenters. The lowest BCUT2D eigenvalue weighted by Crippen LogP contribution is -2.15. The molecule has 5 aromatic rings. The Kier molecular flexibility index (Phi) is 6.08. The average molecular weight is 524 g/mol. The Morgan fingerprint density at radius 3 is 2.54 bits per heavy atom. The van der Waals surface area contributed by atoms with Crippen LogP contribution in [-0.4, -0.2) is 20.4 Å². The van der Waals surface area contributed by atoms with E-state index in [1.165, 1.54) is 25.1 Å². The maximum Gasteiger partial charge on any atom is 0.416 e. The third-order valence-electron chi connectivity index (χ3n) is 5.82. The average Bonchev–Trinajstić information content (AvgIpc) is 3.47. The van der Waals surface area contributed by atoms with Crippen LogP contribution in [0.4, 0.5) is 19.0 Å². The lowest BCUT2D eigenvalue weighted by Gasteiger charge is -2.19. The summed E-state index contributed by atoms with van der Waals surface area (Å²) >= 11 is 1.07. The highest BCUT2D eigenvalue weighted by atomic mass is 32.1. The van der Waals surface area contributed by atoms with Crippen LogP contribution in [0.1, 0.15) is 33.8 Å². The molecule has 0 aliphatic heterocycles. The Morgan fingerprint density at radius 2 is 1.81 bits per heavy atom. The van der Waals surface area contributed by atoms with Gasteiger partial charge in [0.25, 0.3) is 5.91 Å². The number of aromatic nitrogens is 3. The molecule has 7 nitrogen and oxygen atoms in total. The summed E-state index contributed by atoms with van der Waals surface area (Å²) in [7, 11) is 0. The summed E-state index contributed by atoms with van der Waals surface area (Å²) in [6.45, 7) is 1.49. The molecule has 3 heterocycles. The summed E-state index contributed by atoms with van der Waals surface area (Å²) in [4.78, 5) is 20.8. The van der Waals surface area contributed by atoms with E-state index in [2.05, 4.69) is 9.97 Å². The van der Waals surface area contributed by atoms with Crippen molar-refractivity contribution in [3.05, 3.63) is 89.2 Å². The number of halogens is 3. The zero-order valence-electron chi connectivity index (χ0n) is 19.4. The van der Waals surface area contributed by atoms with Crippen LogP contribution in [0.3, 0.4) is 0 Å². The number of thiophene rings is 1. The van der Waals surface area contributed by atoms with Crippen molar-refractivity contribution in [2.45, 2.75) is 19.2 Å². The zero-order chi connectivity index (χ0) is 26.3. The molecule has 37 heavy (non-hydrogen) atoms. The highest BCUT2D eigenvalue weighted by Crippen LogP contribution is 2.39. The molecule has 0 radical (unpaired) electrons. The van der Waals surface area contributed by atoms with E-state index >= 15 is 0 Å². The Hall–Kier alpha value is -4.38. The number of nitrogens with two attached hydrogens (primary N) is 2. The number of benzene rings is 2. The maximum atomic E-state index is 13.5. The van der Waals surface area contributed by atoms with Crippen molar-refractivity contribution < 1.29 is 22.7 Å². The largest absolute Gasteiger partial charge is 0.484 e. The monoisotopic (exact) mass is 523 g/mol. The van der Waals surface area contributed by atoms with Gasteiger partial charge < -0.3 is 16.2 Å². The number of imidazole rings is 1. The Bertz CT molecular complexity index is 1630. The molecule has 0 saturated heterocycles. The molecule has 0 spiro atoms. The quantitative estimate of drug-likeness (QED) is 0.284. The molecule has 3 aromatic heterocycles. The molecule has 0 aliphatic carbocycles. The van der Waals surface area contributed by atoms with Gasteiger partial charge in [0.05, 0.1) is 16.6 Å². The van der Waals surface area contributed by atoms with Crippen LogP contribution in [0, 0.1) is 0 Å². The van der Waals surface area contributed by atoms with E-state index in [0.717, 1.165) is 34.0 Å². The van der Waals surface area contributed by atoms with Crippen molar-refractivity contribution in [3.63, 3.8) is 0 Å². The molecular formula is C26H20F3N5O2S. The molecule has 0 saturated carbocycles. The summed E-state index contributed by atoms with van der Waals surface area (Å²) in [5.41, 5.74) is 13.8. The van der Waals surface area contributed by atoms with Gasteiger partial charge in [-0.2, -0.15) is 13.2 Å². The van der Waals surface area contributed by atoms with Gasteiger partial charge in [-0.1, -0.05) is 24.3 Å². The van der Waals surface area contributed by atoms with E-state index in [1.807, 2.05) is 24.3 Å². The first-order chi connectivity index (χ1) is 17.6. The predicted octanol–water partition coefficient (Wildman–Crippen LogP) is 5.99. The second-order valence-electron chi connectivity index (χ2n) is 8.27. The molecule has 0 fully saturated rings. The number of ether oxygens (including phenoxy) is 1. The van der Waals surface area contributed by atoms with Crippen LogP contribution in [0.2, 0.25) is 0 Å². The number of carbonyl (C=O) groups excluding carboxylic acids is 1. The first-order valence-corrected chi connectivity index (χ1v) is 11.9. The molecular weight excluding hydrogens is 503 g/mol. The number of fused-ring (bicyclic) bond motifs is 1. The number of carbonyl (C=O) groups is 1. The maximum absolute atomic E-state index is 13.5. The highest BCUT2D eigenvalue weighted by Gasteiger charge is 2.35. The summed E-state index contributed by atoms with van der Waals surface area (Å²) in [5, 5.41) is 0.573. The van der Waals surface area contributed by atoms with Gasteiger partial charge in [0.2, 0.25) is 0 Å². The molecule has 0 aliphatic rings. The van der Waals surface area contributed by atoms with Crippen molar-refractivity contribution in [2.24, 2.45) is 5.73 Å². The van der Waals surface area contributed by atoms with E-state index in [-0.39, 0.29) is 16.2 Å². The third-order valence-corrected chi connectivity index (χ3v) is 6.95. The second-order valence-corrected chi connectivity index (χ2v) is 9.31. The summed E-state index contributed by atoms with van der Waals surface area (Å²) in [6.07, 6.45) is -2.32. The van der Waals surface area contributed by atoms with Crippen molar-refractivity contribution in [1.29, 1.82) is 0 Å². The number of rotatable bonds is 6. The van der Waals surface area contributed by atoms with E-state index in [1.54, 1.807) is 29.2 Å². The third kappa shape index (κ3) is 4.73. The van der Waals surface area contributed by atoms with Crippen LogP contribution in [-0.2, 0) is 6.18 Å². The van der Waals surface area contributed by atoms with E-state index < -0.39 is 23.8 Å². The smallest absolute Gasteiger partial charge is 0.416 e. The fourth-order valence-electron chi connectivity index (χ4n) is 4.10. The van der Waals surface area contributed by atoms with Gasteiger partial charge in [-0.15, -0.1) is 11.3 Å². The number of amides is 1. The van der Waals surface area contributed by atoms with E-state index in [4.69, 9.17) is 16.2 Å². The number of nitrogen functional groups attached to an aromatic ring is 1. The lowest BCUT2D eigenvalue weighted by atomic mass is 10.0. The fourth-order valence-corrected chi connectivity index (χ4v) is 5.03. The van der Waals surface area contributed by atoms with Crippen LogP contribution < -0.4 is 16.2 Å². The van der Waals surface area contributed by atoms with Gasteiger partial charge in [-0.3, -0.25) is 9.36 Å². The Labute approximate surface area is 213 Å². The standard InChI is InChI=1S/C26H20F3N5O2S/c1-14(17-4-2-3-5-18(17)26(27,28)29)36-21-12-23(37-24(21)25(31)35)34-13-33-19-10-15(6-7-20(19)34)16-8-9-32-22(30)11-16/h2-14H,1H3,(H2,30,32)(H2,31,35). The van der Waals surface area contributed by atoms with Crippen molar-refractivity contribution in [2.75, 3.05) is 5.73 Å². The summed E-state index contributed by atoms with van der Waals surface area (Å²) in [5.74, 6) is -0.243. The number of alkyl halides is 3. The van der Waals surface area contributed by atoms with Gasteiger partial charge in [0.15, 0.2) is 0 Å². The number of anilines is 1. The molecule has 188 valence electrons. The van der Waals surface area contributed by atoms with Crippen molar-refractivity contribution >= 4 is 34.1 Å². The number of hydrogen-bond acceptors (Lipinski definition) is 6. The molecule has 5 rings (SSSR count). The molecule has 11 heteroatoms. The minimum atomic E-state index is -4.54. The van der Waals surface area contributed by atoms with Crippen LogP contribution in [0.25, 0.3) is 27.2 Å². The number of primary amides is 1. The van der Waals surface area contributed by atoms with Crippen LogP contribution >= 0.6 is 11.3 Å². The summed E-state index contributed by atoms with van der Waals surface area (Å²) < 4.78 is 48.1. The van der Waals surface area contributed by atoms with Gasteiger partial charge in [-0.05, 0) is 48.4 Å². The van der Waals surface area contributed by atoms with Crippen LogP contribution in [0.15, 0.2) is 73.2 Å². The van der Waals surface area contributed by atoms with Crippen molar-refractivity contribution in [1.82, 2.24) is 14.5 Å². The highest BCUT2D eigenvalue weighted by molar-refractivity contribution is 7.16. The Morgan fingerprint density at radius 1 is 1.05 bits per heavy atom. The molecule has 1 amide bonds. The van der Waals surface area contributed by atoms with Gasteiger partial charge in [-0.25, -0.2) is 9.97 Å². The summed E-state index contributed by atoms with van der Waals surface area (Å²) in [6, 6.07) is 16.0. The van der Waals surface area contributed by atoms with E-state index in [9.17, 15) is 18.0 Å². The number of hydrogen-bond donors (Lipinski definition) is 2. The SMILES string of the molecule is CC(Oc1cc(-n2cnc3cc(-c4ccnc(N)c4)ccc32)sc1C(N)=O)c1ccccc1C(F)(F)F. The second kappa shape index (κ2) is 9.25. The van der Waals surface area contributed by atoms with Crippen LogP contribution in [0.5, 0.6) is 5.75 Å². The van der Waals surface area contributed by atoms with E-state index in [0.29, 0.717) is 16.3 Å². The molecule has 2 aromatic carbocycles. The number of nitrogens with zero attached hydrogens (tertiary/aromatic N) is 3. The molecule has 4 N–H and O–H groups in total. The lowest BCUT2D eigenvalue weighted by molar-refractivity contribution is -0.138. The molecule has 0 bridgehead atoms. The predicted molar refractivity (Wildman–Crippen MR) is 136 cm³/mol. The topological polar surface area (TPSA) is 109 Å². The number of pyridine rings is 1. The molecule has 1 atom stereocenters. The van der Waals surface area contributed by atoms with Gasteiger partial charge in [0, 0.05) is 17.8 Å². The minimum Gasteiger partial charge on any atom is -0.484 e. The first kappa shape index (κ1) is 24.3. The zero-order valence-corrected chi connectivity index (χ0v) is 20.2. The Balaban J connectivity index is 1.50. The van der Waals surface area contributed by atoms with Gasteiger partial charge >= 0.3 is 6.18 Å². The minimum absolute atomic E-state index is 0.0458. The first-order valence-electron chi connectivity index (χ1n) is 11.1. The van der Waals surface area contributed by atoms with Crippen molar-refractivity contribution in [3.8, 4) is 21.9 Å².